The van der Waals surface area contributed by atoms with Crippen molar-refractivity contribution in [2.75, 3.05) is 18.1 Å². The Morgan fingerprint density at radius 3 is 2.93 bits per heavy atom. The zero-order valence-electron chi connectivity index (χ0n) is 8.95. The lowest BCUT2D eigenvalue weighted by Gasteiger charge is -2.16. The number of hydrogen-bond donors (Lipinski definition) is 1. The summed E-state index contributed by atoms with van der Waals surface area (Å²) >= 11 is 3.79. The highest BCUT2D eigenvalue weighted by atomic mass is 32.2. The van der Waals surface area contributed by atoms with Crippen molar-refractivity contribution in [3.8, 4) is 0 Å². The number of hydrogen-bond acceptors (Lipinski definition) is 3. The van der Waals surface area contributed by atoms with Crippen LogP contribution in [-0.2, 0) is 0 Å². The van der Waals surface area contributed by atoms with E-state index in [1.54, 1.807) is 11.3 Å². The van der Waals surface area contributed by atoms with Gasteiger partial charge in [0, 0.05) is 11.8 Å². The third-order valence-corrected chi connectivity index (χ3v) is 3.75. The summed E-state index contributed by atoms with van der Waals surface area (Å²) in [6.45, 7) is 5.55. The first kappa shape index (κ1) is 12.1. The number of thiophene rings is 1. The molecule has 0 aliphatic carbocycles. The Bertz CT molecular complexity index is 213. The Morgan fingerprint density at radius 1 is 1.50 bits per heavy atom. The van der Waals surface area contributed by atoms with Crippen LogP contribution in [0.15, 0.2) is 16.8 Å². The van der Waals surface area contributed by atoms with Gasteiger partial charge in [-0.15, -0.1) is 0 Å². The van der Waals surface area contributed by atoms with E-state index in [0.717, 1.165) is 6.54 Å². The minimum atomic E-state index is 0.547. The molecule has 1 aromatic heterocycles. The lowest BCUT2D eigenvalue weighted by Crippen LogP contribution is -2.23. The maximum absolute atomic E-state index is 3.59. The first-order chi connectivity index (χ1) is 6.88. The van der Waals surface area contributed by atoms with E-state index in [0.29, 0.717) is 6.04 Å². The topological polar surface area (TPSA) is 12.0 Å². The van der Waals surface area contributed by atoms with Crippen LogP contribution >= 0.6 is 23.1 Å². The van der Waals surface area contributed by atoms with Crippen LogP contribution in [0, 0.1) is 0 Å². The first-order valence-corrected chi connectivity index (χ1v) is 7.31. The van der Waals surface area contributed by atoms with Crippen LogP contribution in [0.1, 0.15) is 31.9 Å². The van der Waals surface area contributed by atoms with Gasteiger partial charge in [0.1, 0.15) is 0 Å². The molecule has 1 aromatic rings. The van der Waals surface area contributed by atoms with Gasteiger partial charge >= 0.3 is 0 Å². The summed E-state index contributed by atoms with van der Waals surface area (Å²) in [4.78, 5) is 0. The van der Waals surface area contributed by atoms with Gasteiger partial charge in [-0.05, 0) is 41.1 Å². The predicted octanol–water partition coefficient (Wildman–Crippen LogP) is 3.54. The molecule has 0 saturated heterocycles. The molecule has 0 aliphatic heterocycles. The zero-order chi connectivity index (χ0) is 10.2. The van der Waals surface area contributed by atoms with Crippen molar-refractivity contribution < 1.29 is 0 Å². The lowest BCUT2D eigenvalue weighted by molar-refractivity contribution is 0.579. The van der Waals surface area contributed by atoms with E-state index >= 15 is 0 Å². The van der Waals surface area contributed by atoms with Gasteiger partial charge in [-0.25, -0.2) is 0 Å². The molecule has 0 fully saturated rings. The standard InChI is InChI=1S/C11H19NS2/c1-3-6-12-11(9-13-4-2)10-5-7-14-8-10/h5,7-8,11-12H,3-4,6,9H2,1-2H3. The molecule has 0 amide bonds. The quantitative estimate of drug-likeness (QED) is 0.767. The Kier molecular flexibility index (Phi) is 6.32. The third-order valence-electron chi connectivity index (χ3n) is 2.07. The van der Waals surface area contributed by atoms with E-state index < -0.39 is 0 Å². The summed E-state index contributed by atoms with van der Waals surface area (Å²) in [5.74, 6) is 2.39. The molecule has 1 rings (SSSR count). The minimum absolute atomic E-state index is 0.547. The normalized spacial score (nSPS) is 13.0. The fraction of sp³-hybridized carbons (Fsp3) is 0.636. The molecule has 3 heteroatoms. The van der Waals surface area contributed by atoms with Crippen LogP contribution in [0.2, 0.25) is 0 Å². The highest BCUT2D eigenvalue weighted by Crippen LogP contribution is 2.20. The van der Waals surface area contributed by atoms with Crippen LogP contribution in [0.4, 0.5) is 0 Å². The molecule has 1 N–H and O–H groups in total. The highest BCUT2D eigenvalue weighted by Gasteiger charge is 2.09. The zero-order valence-corrected chi connectivity index (χ0v) is 10.6. The molecule has 14 heavy (non-hydrogen) atoms. The van der Waals surface area contributed by atoms with E-state index in [1.165, 1.54) is 23.5 Å². The van der Waals surface area contributed by atoms with Crippen molar-refractivity contribution in [1.29, 1.82) is 0 Å². The van der Waals surface area contributed by atoms with Gasteiger partial charge in [0.05, 0.1) is 0 Å². The molecule has 0 aromatic carbocycles. The van der Waals surface area contributed by atoms with Gasteiger partial charge in [0.15, 0.2) is 0 Å². The molecule has 0 bridgehead atoms. The minimum Gasteiger partial charge on any atom is -0.309 e. The maximum Gasteiger partial charge on any atom is 0.0420 e. The van der Waals surface area contributed by atoms with Gasteiger partial charge in [-0.3, -0.25) is 0 Å². The predicted molar refractivity (Wildman–Crippen MR) is 68.4 cm³/mol. The fourth-order valence-corrected chi connectivity index (χ4v) is 2.80. The van der Waals surface area contributed by atoms with Gasteiger partial charge in [0.25, 0.3) is 0 Å². The maximum atomic E-state index is 3.59. The van der Waals surface area contributed by atoms with Crippen molar-refractivity contribution in [3.05, 3.63) is 22.4 Å². The van der Waals surface area contributed by atoms with Crippen LogP contribution in [-0.4, -0.2) is 18.1 Å². The Labute approximate surface area is 95.3 Å². The van der Waals surface area contributed by atoms with Crippen LogP contribution < -0.4 is 5.32 Å². The van der Waals surface area contributed by atoms with Gasteiger partial charge < -0.3 is 5.32 Å². The summed E-state index contributed by atoms with van der Waals surface area (Å²) in [6, 6.07) is 2.78. The molecule has 0 aliphatic rings. The summed E-state index contributed by atoms with van der Waals surface area (Å²) in [7, 11) is 0. The van der Waals surface area contributed by atoms with Crippen LogP contribution in [0.3, 0.4) is 0 Å². The average Bonchev–Trinajstić information content (AvgIpc) is 2.71. The molecule has 0 spiro atoms. The van der Waals surface area contributed by atoms with Crippen LogP contribution in [0.25, 0.3) is 0 Å². The lowest BCUT2D eigenvalue weighted by atomic mass is 10.2. The van der Waals surface area contributed by atoms with Gasteiger partial charge in [-0.2, -0.15) is 23.1 Å². The second-order valence-corrected chi connectivity index (χ2v) is 5.32. The molecule has 1 unspecified atom stereocenters. The van der Waals surface area contributed by atoms with Gasteiger partial charge in [0.2, 0.25) is 0 Å². The number of nitrogens with one attached hydrogen (secondary N) is 1. The smallest absolute Gasteiger partial charge is 0.0420 e. The van der Waals surface area contributed by atoms with Crippen molar-refractivity contribution in [1.82, 2.24) is 5.32 Å². The first-order valence-electron chi connectivity index (χ1n) is 5.21. The van der Waals surface area contributed by atoms with Crippen LogP contribution in [0.5, 0.6) is 0 Å². The molecule has 1 nitrogen and oxygen atoms in total. The molecular weight excluding hydrogens is 210 g/mol. The van der Waals surface area contributed by atoms with E-state index in [2.05, 4.69) is 36.0 Å². The van der Waals surface area contributed by atoms with E-state index in [9.17, 15) is 0 Å². The Balaban J connectivity index is 2.44. The summed E-state index contributed by atoms with van der Waals surface area (Å²) < 4.78 is 0. The molecular formula is C11H19NS2. The highest BCUT2D eigenvalue weighted by molar-refractivity contribution is 7.99. The molecule has 0 radical (unpaired) electrons. The summed E-state index contributed by atoms with van der Waals surface area (Å²) in [5, 5.41) is 8.01. The summed E-state index contributed by atoms with van der Waals surface area (Å²) in [5.41, 5.74) is 1.45. The molecule has 80 valence electrons. The van der Waals surface area contributed by atoms with E-state index in [4.69, 9.17) is 0 Å². The monoisotopic (exact) mass is 229 g/mol. The van der Waals surface area contributed by atoms with E-state index in [1.807, 2.05) is 11.8 Å². The number of thioether (sulfide) groups is 1. The molecule has 0 saturated carbocycles. The Hall–Kier alpha value is 0.01000. The van der Waals surface area contributed by atoms with E-state index in [-0.39, 0.29) is 0 Å². The van der Waals surface area contributed by atoms with Crippen molar-refractivity contribution >= 4 is 23.1 Å². The second kappa shape index (κ2) is 7.32. The molecule has 1 atom stereocenters. The van der Waals surface area contributed by atoms with Crippen molar-refractivity contribution in [2.45, 2.75) is 26.3 Å². The summed E-state index contributed by atoms with van der Waals surface area (Å²) in [6.07, 6.45) is 1.21. The fourth-order valence-electron chi connectivity index (χ4n) is 1.30. The average molecular weight is 229 g/mol. The Morgan fingerprint density at radius 2 is 2.36 bits per heavy atom. The second-order valence-electron chi connectivity index (χ2n) is 3.22. The molecule has 1 heterocycles. The van der Waals surface area contributed by atoms with Gasteiger partial charge in [-0.1, -0.05) is 13.8 Å². The van der Waals surface area contributed by atoms with Crippen molar-refractivity contribution in [2.24, 2.45) is 0 Å². The number of rotatable bonds is 7. The van der Waals surface area contributed by atoms with Crippen molar-refractivity contribution in [3.63, 3.8) is 0 Å². The third kappa shape index (κ3) is 4.03. The SMILES string of the molecule is CCCNC(CSCC)c1ccsc1. The largest absolute Gasteiger partial charge is 0.309 e.